The normalized spacial score (nSPS) is 10.7. The zero-order valence-corrected chi connectivity index (χ0v) is 12.9. The Bertz CT molecular complexity index is 486. The number of aliphatic hydroxyl groups excluding tert-OH is 1. The molecule has 0 aliphatic carbocycles. The summed E-state index contributed by atoms with van der Waals surface area (Å²) in [7, 11) is 0. The summed E-state index contributed by atoms with van der Waals surface area (Å²) in [6.07, 6.45) is 0.492. The summed E-state index contributed by atoms with van der Waals surface area (Å²) in [6.45, 7) is 6.16. The van der Waals surface area contributed by atoms with E-state index in [0.29, 0.717) is 18.9 Å². The molecule has 0 atom stereocenters. The smallest absolute Gasteiger partial charge is 0.231 e. The molecule has 1 heterocycles. The molecule has 3 N–H and O–H groups in total. The molecule has 1 rings (SSSR count). The van der Waals surface area contributed by atoms with E-state index >= 15 is 0 Å². The maximum Gasteiger partial charge on any atom is 0.231 e. The molecule has 0 bridgehead atoms. The van der Waals surface area contributed by atoms with Gasteiger partial charge in [-0.05, 0) is 12.0 Å². The maximum atomic E-state index is 11.1. The van der Waals surface area contributed by atoms with Gasteiger partial charge in [0.25, 0.3) is 0 Å². The van der Waals surface area contributed by atoms with Crippen molar-refractivity contribution in [1.29, 1.82) is 0 Å². The van der Waals surface area contributed by atoms with E-state index in [0.717, 1.165) is 12.1 Å². The van der Waals surface area contributed by atoms with Crippen molar-refractivity contribution in [2.24, 2.45) is 11.7 Å². The number of rotatable bonds is 7. The van der Waals surface area contributed by atoms with Crippen LogP contribution in [0.3, 0.4) is 0 Å². The number of hydrogen-bond acceptors (Lipinski definition) is 4. The van der Waals surface area contributed by atoms with Crippen molar-refractivity contribution in [2.45, 2.75) is 26.8 Å². The first kappa shape index (κ1) is 16.7. The van der Waals surface area contributed by atoms with Gasteiger partial charge in [-0.25, -0.2) is 0 Å². The summed E-state index contributed by atoms with van der Waals surface area (Å²) in [5.74, 6) is 6.10. The lowest BCUT2D eigenvalue weighted by Gasteiger charge is -2.21. The van der Waals surface area contributed by atoms with Gasteiger partial charge in [0.15, 0.2) is 0 Å². The lowest BCUT2D eigenvalue weighted by Crippen LogP contribution is -2.35. The first-order chi connectivity index (χ1) is 9.51. The maximum absolute atomic E-state index is 11.1. The second-order valence-corrected chi connectivity index (χ2v) is 6.10. The predicted molar refractivity (Wildman–Crippen MR) is 82.2 cm³/mol. The zero-order valence-electron chi connectivity index (χ0n) is 12.1. The van der Waals surface area contributed by atoms with Crippen molar-refractivity contribution in [1.82, 2.24) is 4.90 Å². The summed E-state index contributed by atoms with van der Waals surface area (Å²) >= 11 is 1.63. The lowest BCUT2D eigenvalue weighted by molar-refractivity contribution is -0.119. The second kappa shape index (κ2) is 8.75. The fraction of sp³-hybridized carbons (Fsp3) is 0.533. The summed E-state index contributed by atoms with van der Waals surface area (Å²) in [5, 5.41) is 10.7. The van der Waals surface area contributed by atoms with E-state index in [1.165, 1.54) is 4.88 Å². The molecule has 0 aliphatic rings. The average molecular weight is 294 g/mol. The Labute approximate surface area is 124 Å². The molecule has 0 fully saturated rings. The van der Waals surface area contributed by atoms with Crippen LogP contribution in [0.2, 0.25) is 0 Å². The Morgan fingerprint density at radius 2 is 2.30 bits per heavy atom. The Hall–Kier alpha value is -1.35. The molecule has 1 aromatic rings. The molecule has 1 amide bonds. The summed E-state index contributed by atoms with van der Waals surface area (Å²) in [5.41, 5.74) is 6.25. The van der Waals surface area contributed by atoms with Gasteiger partial charge in [-0.2, -0.15) is 0 Å². The molecule has 0 aromatic carbocycles. The quantitative estimate of drug-likeness (QED) is 0.748. The van der Waals surface area contributed by atoms with Crippen LogP contribution in [0, 0.1) is 17.8 Å². The minimum absolute atomic E-state index is 0.0881. The van der Waals surface area contributed by atoms with E-state index in [9.17, 15) is 4.79 Å². The first-order valence-electron chi connectivity index (χ1n) is 6.69. The monoisotopic (exact) mass is 294 g/mol. The summed E-state index contributed by atoms with van der Waals surface area (Å²) in [6, 6.07) is 2.03. The topological polar surface area (TPSA) is 66.6 Å². The molecule has 0 saturated heterocycles. The van der Waals surface area contributed by atoms with Gasteiger partial charge < -0.3 is 10.8 Å². The highest BCUT2D eigenvalue weighted by Gasteiger charge is 2.12. The number of primary amides is 1. The van der Waals surface area contributed by atoms with E-state index in [4.69, 9.17) is 10.8 Å². The van der Waals surface area contributed by atoms with Crippen molar-refractivity contribution in [3.63, 3.8) is 0 Å². The lowest BCUT2D eigenvalue weighted by atomic mass is 10.2. The molecule has 5 heteroatoms. The van der Waals surface area contributed by atoms with E-state index in [-0.39, 0.29) is 19.1 Å². The van der Waals surface area contributed by atoms with Gasteiger partial charge in [0.1, 0.15) is 0 Å². The third-order valence-corrected chi connectivity index (χ3v) is 3.43. The highest BCUT2D eigenvalue weighted by Crippen LogP contribution is 2.17. The number of hydrogen-bond donors (Lipinski definition) is 2. The van der Waals surface area contributed by atoms with Crippen LogP contribution in [0.15, 0.2) is 11.4 Å². The summed E-state index contributed by atoms with van der Waals surface area (Å²) < 4.78 is 0. The standard InChI is InChI=1S/C15H22N2O2S/c1-12(2)8-17(10-15(16)19)9-14-7-13(11-20-14)5-3-4-6-18/h7,11-12,18H,4,6,8-10H2,1-2H3,(H2,16,19). The molecule has 110 valence electrons. The highest BCUT2D eigenvalue weighted by molar-refractivity contribution is 7.10. The number of carbonyl (C=O) groups excluding carboxylic acids is 1. The van der Waals surface area contributed by atoms with Crippen LogP contribution in [0.25, 0.3) is 0 Å². The van der Waals surface area contributed by atoms with Gasteiger partial charge in [0, 0.05) is 35.3 Å². The zero-order chi connectivity index (χ0) is 15.0. The molecule has 0 spiro atoms. The average Bonchev–Trinajstić information content (AvgIpc) is 2.75. The number of aliphatic hydroxyl groups is 1. The molecule has 0 unspecified atom stereocenters. The van der Waals surface area contributed by atoms with Gasteiger partial charge in [0.2, 0.25) is 5.91 Å². The third-order valence-electron chi connectivity index (χ3n) is 2.51. The summed E-state index contributed by atoms with van der Waals surface area (Å²) in [4.78, 5) is 14.3. The van der Waals surface area contributed by atoms with Gasteiger partial charge in [-0.1, -0.05) is 25.7 Å². The fourth-order valence-electron chi connectivity index (χ4n) is 1.89. The molecular formula is C15H22N2O2S. The van der Waals surface area contributed by atoms with Crippen molar-refractivity contribution >= 4 is 17.2 Å². The molecule has 0 aliphatic heterocycles. The van der Waals surface area contributed by atoms with Crippen LogP contribution in [0.5, 0.6) is 0 Å². The van der Waals surface area contributed by atoms with Crippen LogP contribution < -0.4 is 5.73 Å². The van der Waals surface area contributed by atoms with Gasteiger partial charge >= 0.3 is 0 Å². The Morgan fingerprint density at radius 1 is 1.55 bits per heavy atom. The predicted octanol–water partition coefficient (Wildman–Crippen LogP) is 1.43. The van der Waals surface area contributed by atoms with E-state index < -0.39 is 0 Å². The number of nitrogens with zero attached hydrogens (tertiary/aromatic N) is 1. The molecule has 20 heavy (non-hydrogen) atoms. The van der Waals surface area contributed by atoms with Crippen LogP contribution in [-0.2, 0) is 11.3 Å². The number of thiophene rings is 1. The fourth-order valence-corrected chi connectivity index (χ4v) is 2.75. The van der Waals surface area contributed by atoms with E-state index in [2.05, 4.69) is 30.6 Å². The minimum atomic E-state index is -0.301. The van der Waals surface area contributed by atoms with Crippen LogP contribution in [0.4, 0.5) is 0 Å². The second-order valence-electron chi connectivity index (χ2n) is 5.11. The third kappa shape index (κ3) is 6.71. The van der Waals surface area contributed by atoms with Crippen LogP contribution >= 0.6 is 11.3 Å². The SMILES string of the molecule is CC(C)CN(CC(N)=O)Cc1cc(C#CCCO)cs1. The van der Waals surface area contributed by atoms with E-state index in [1.807, 2.05) is 11.4 Å². The molecule has 0 saturated carbocycles. The molecule has 4 nitrogen and oxygen atoms in total. The Kier molecular flexibility index (Phi) is 7.31. The van der Waals surface area contributed by atoms with Crippen LogP contribution in [0.1, 0.15) is 30.7 Å². The van der Waals surface area contributed by atoms with Gasteiger partial charge in [0.05, 0.1) is 13.2 Å². The molecule has 1 aromatic heterocycles. The largest absolute Gasteiger partial charge is 0.395 e. The van der Waals surface area contributed by atoms with Crippen molar-refractivity contribution < 1.29 is 9.90 Å². The number of nitrogens with two attached hydrogens (primary N) is 1. The number of carbonyl (C=O) groups is 1. The van der Waals surface area contributed by atoms with Gasteiger partial charge in [-0.3, -0.25) is 9.69 Å². The van der Waals surface area contributed by atoms with Crippen LogP contribution in [-0.4, -0.2) is 35.6 Å². The minimum Gasteiger partial charge on any atom is -0.395 e. The number of amides is 1. The highest BCUT2D eigenvalue weighted by atomic mass is 32.1. The Balaban J connectivity index is 2.64. The Morgan fingerprint density at radius 3 is 2.90 bits per heavy atom. The van der Waals surface area contributed by atoms with Gasteiger partial charge in [-0.15, -0.1) is 11.3 Å². The first-order valence-corrected chi connectivity index (χ1v) is 7.57. The molecule has 0 radical (unpaired) electrons. The van der Waals surface area contributed by atoms with Crippen molar-refractivity contribution in [3.8, 4) is 11.8 Å². The molecular weight excluding hydrogens is 272 g/mol. The van der Waals surface area contributed by atoms with Crippen molar-refractivity contribution in [3.05, 3.63) is 21.9 Å². The van der Waals surface area contributed by atoms with Crippen molar-refractivity contribution in [2.75, 3.05) is 19.7 Å². The van der Waals surface area contributed by atoms with E-state index in [1.54, 1.807) is 11.3 Å².